The average Bonchev–Trinajstić information content (AvgIpc) is 2.30. The van der Waals surface area contributed by atoms with E-state index in [1.807, 2.05) is 0 Å². The van der Waals surface area contributed by atoms with Gasteiger partial charge in [-0.1, -0.05) is 21.6 Å². The molecule has 0 aliphatic rings. The van der Waals surface area contributed by atoms with Crippen molar-refractivity contribution in [3.63, 3.8) is 0 Å². The summed E-state index contributed by atoms with van der Waals surface area (Å²) < 4.78 is 9.65. The van der Waals surface area contributed by atoms with Gasteiger partial charge in [-0.2, -0.15) is 0 Å². The molecule has 6 nitrogen and oxygen atoms in total. The van der Waals surface area contributed by atoms with Crippen molar-refractivity contribution in [2.45, 2.75) is 26.7 Å². The predicted octanol–water partition coefficient (Wildman–Crippen LogP) is 1.41. The molecule has 0 unspecified atom stereocenters. The molecule has 0 heterocycles. The number of ketones is 2. The van der Waals surface area contributed by atoms with E-state index in [9.17, 15) is 19.2 Å². The minimum Gasteiger partial charge on any atom is -0.464 e. The van der Waals surface area contributed by atoms with Crippen LogP contribution in [-0.2, 0) is 28.7 Å². The van der Waals surface area contributed by atoms with Crippen molar-refractivity contribution in [3.05, 3.63) is 0 Å². The minimum absolute atomic E-state index is 0.191. The van der Waals surface area contributed by atoms with Gasteiger partial charge in [0.05, 0.1) is 0 Å². The molecule has 0 aromatic carbocycles. The van der Waals surface area contributed by atoms with Gasteiger partial charge in [0.25, 0.3) is 0 Å². The Labute approximate surface area is 125 Å². The number of hydrogen-bond donors (Lipinski definition) is 0. The van der Waals surface area contributed by atoms with Crippen LogP contribution < -0.4 is 0 Å². The van der Waals surface area contributed by atoms with Gasteiger partial charge >= 0.3 is 11.9 Å². The number of hydrogen-bond acceptors (Lipinski definition) is 8. The highest BCUT2D eigenvalue weighted by Gasteiger charge is 2.07. The molecule has 8 heteroatoms. The van der Waals surface area contributed by atoms with Crippen molar-refractivity contribution >= 4 is 45.1 Å². The summed E-state index contributed by atoms with van der Waals surface area (Å²) >= 11 is 0. The Kier molecular flexibility index (Phi) is 11.2. The van der Waals surface area contributed by atoms with Gasteiger partial charge in [0, 0.05) is 11.5 Å². The molecule has 0 spiro atoms. The third kappa shape index (κ3) is 13.4. The molecule has 0 atom stereocenters. The normalized spacial score (nSPS) is 9.90. The van der Waals surface area contributed by atoms with Crippen molar-refractivity contribution < 1.29 is 28.7 Å². The quantitative estimate of drug-likeness (QED) is 0.244. The number of ether oxygens (including phenoxy) is 2. The van der Waals surface area contributed by atoms with Crippen LogP contribution in [-0.4, -0.2) is 48.2 Å². The molecular weight excluding hydrogens is 304 g/mol. The molecule has 0 rings (SSSR count). The second-order valence-corrected chi connectivity index (χ2v) is 6.54. The fourth-order valence-corrected chi connectivity index (χ4v) is 2.66. The van der Waals surface area contributed by atoms with Crippen LogP contribution in [0.5, 0.6) is 0 Å². The van der Waals surface area contributed by atoms with Gasteiger partial charge in [0.15, 0.2) is 0 Å². The van der Waals surface area contributed by atoms with Crippen molar-refractivity contribution in [1.82, 2.24) is 0 Å². The highest BCUT2D eigenvalue weighted by atomic mass is 33.1. The Balaban J connectivity index is 3.33. The SMILES string of the molecule is CC(=O)CC(=O)OCCSSCCOC(=O)CC(C)=O. The first-order valence-corrected chi connectivity index (χ1v) is 8.45. The zero-order chi connectivity index (χ0) is 15.4. The van der Waals surface area contributed by atoms with Gasteiger partial charge in [0.2, 0.25) is 0 Å². The highest BCUT2D eigenvalue weighted by Crippen LogP contribution is 2.20. The highest BCUT2D eigenvalue weighted by molar-refractivity contribution is 8.76. The molecule has 0 saturated heterocycles. The molecule has 20 heavy (non-hydrogen) atoms. The maximum absolute atomic E-state index is 11.0. The Hall–Kier alpha value is -1.02. The van der Waals surface area contributed by atoms with Crippen molar-refractivity contribution in [2.24, 2.45) is 0 Å². The lowest BCUT2D eigenvalue weighted by molar-refractivity contribution is -0.146. The maximum atomic E-state index is 11.0. The maximum Gasteiger partial charge on any atom is 0.313 e. The van der Waals surface area contributed by atoms with Gasteiger partial charge in [0.1, 0.15) is 37.6 Å². The number of carbonyl (C=O) groups is 4. The van der Waals surface area contributed by atoms with Gasteiger partial charge in [-0.3, -0.25) is 19.2 Å². The van der Waals surface area contributed by atoms with Crippen LogP contribution in [0.3, 0.4) is 0 Å². The largest absolute Gasteiger partial charge is 0.464 e. The lowest BCUT2D eigenvalue weighted by Gasteiger charge is -2.04. The van der Waals surface area contributed by atoms with E-state index in [0.717, 1.165) is 0 Å². The summed E-state index contributed by atoms with van der Waals surface area (Å²) in [4.78, 5) is 43.2. The van der Waals surface area contributed by atoms with Crippen LogP contribution in [0, 0.1) is 0 Å². The predicted molar refractivity (Wildman–Crippen MR) is 77.4 cm³/mol. The van der Waals surface area contributed by atoms with E-state index in [2.05, 4.69) is 0 Å². The minimum atomic E-state index is -0.513. The standard InChI is InChI=1S/C12H18O6S2/c1-9(13)7-11(15)17-3-5-19-20-6-4-18-12(16)8-10(2)14/h3-8H2,1-2H3. The number of esters is 2. The Morgan fingerprint density at radius 1 is 0.750 bits per heavy atom. The van der Waals surface area contributed by atoms with E-state index in [1.54, 1.807) is 0 Å². The molecule has 0 radical (unpaired) electrons. The summed E-state index contributed by atoms with van der Waals surface area (Å²) in [6.45, 7) is 3.15. The molecule has 0 amide bonds. The van der Waals surface area contributed by atoms with E-state index >= 15 is 0 Å². The number of carbonyl (C=O) groups excluding carboxylic acids is 4. The average molecular weight is 322 g/mol. The van der Waals surface area contributed by atoms with Crippen molar-refractivity contribution in [1.29, 1.82) is 0 Å². The summed E-state index contributed by atoms with van der Waals surface area (Å²) in [6, 6.07) is 0. The van der Waals surface area contributed by atoms with E-state index in [-0.39, 0.29) is 37.6 Å². The fraction of sp³-hybridized carbons (Fsp3) is 0.667. The molecule has 0 aromatic rings. The first-order valence-electron chi connectivity index (χ1n) is 5.96. The number of Topliss-reactive ketones (excluding diaryl/α,β-unsaturated/α-hetero) is 2. The first-order chi connectivity index (χ1) is 9.41. The van der Waals surface area contributed by atoms with Crippen LogP contribution in [0.2, 0.25) is 0 Å². The van der Waals surface area contributed by atoms with Crippen LogP contribution >= 0.6 is 21.6 Å². The van der Waals surface area contributed by atoms with Gasteiger partial charge < -0.3 is 9.47 Å². The van der Waals surface area contributed by atoms with Gasteiger partial charge in [-0.05, 0) is 13.8 Å². The van der Waals surface area contributed by atoms with E-state index < -0.39 is 11.9 Å². The zero-order valence-electron chi connectivity index (χ0n) is 11.5. The zero-order valence-corrected chi connectivity index (χ0v) is 13.1. The molecule has 0 aliphatic heterocycles. The Morgan fingerprint density at radius 2 is 1.10 bits per heavy atom. The first kappa shape index (κ1) is 19.0. The number of rotatable bonds is 11. The van der Waals surface area contributed by atoms with Crippen molar-refractivity contribution in [2.75, 3.05) is 24.7 Å². The summed E-state index contributed by atoms with van der Waals surface area (Å²) in [6.07, 6.45) is -0.381. The lowest BCUT2D eigenvalue weighted by atomic mass is 10.3. The van der Waals surface area contributed by atoms with E-state index in [1.165, 1.54) is 35.4 Å². The monoisotopic (exact) mass is 322 g/mol. The Bertz CT molecular complexity index is 322. The summed E-state index contributed by atoms with van der Waals surface area (Å²) in [5.74, 6) is -0.276. The third-order valence-corrected chi connectivity index (χ3v) is 4.06. The fourth-order valence-electron chi connectivity index (χ4n) is 1.01. The van der Waals surface area contributed by atoms with Gasteiger partial charge in [-0.15, -0.1) is 0 Å². The van der Waals surface area contributed by atoms with E-state index in [0.29, 0.717) is 11.5 Å². The molecule has 0 aromatic heterocycles. The smallest absolute Gasteiger partial charge is 0.313 e. The summed E-state index contributed by atoms with van der Waals surface area (Å²) in [5.41, 5.74) is 0. The second kappa shape index (κ2) is 11.8. The van der Waals surface area contributed by atoms with Gasteiger partial charge in [-0.25, -0.2) is 0 Å². The lowest BCUT2D eigenvalue weighted by Crippen LogP contribution is -2.11. The van der Waals surface area contributed by atoms with Crippen molar-refractivity contribution in [3.8, 4) is 0 Å². The summed E-state index contributed by atoms with van der Waals surface area (Å²) in [5, 5.41) is 0. The topological polar surface area (TPSA) is 86.7 Å². The van der Waals surface area contributed by atoms with Crippen LogP contribution in [0.1, 0.15) is 26.7 Å². The van der Waals surface area contributed by atoms with Crippen LogP contribution in [0.25, 0.3) is 0 Å². The summed E-state index contributed by atoms with van der Waals surface area (Å²) in [7, 11) is 2.95. The molecule has 0 N–H and O–H groups in total. The Morgan fingerprint density at radius 3 is 1.40 bits per heavy atom. The molecule has 0 aliphatic carbocycles. The van der Waals surface area contributed by atoms with Crippen LogP contribution in [0.15, 0.2) is 0 Å². The molecule has 0 bridgehead atoms. The second-order valence-electron chi connectivity index (χ2n) is 3.84. The third-order valence-electron chi connectivity index (χ3n) is 1.73. The van der Waals surface area contributed by atoms with Crippen LogP contribution in [0.4, 0.5) is 0 Å². The molecule has 0 saturated carbocycles. The molecule has 114 valence electrons. The molecular formula is C12H18O6S2. The molecule has 0 fully saturated rings. The van der Waals surface area contributed by atoms with E-state index in [4.69, 9.17) is 9.47 Å².